The van der Waals surface area contributed by atoms with Gasteiger partial charge in [-0.1, -0.05) is 12.1 Å². The highest BCUT2D eigenvalue weighted by molar-refractivity contribution is 7.80. The van der Waals surface area contributed by atoms with E-state index >= 15 is 0 Å². The third-order valence-corrected chi connectivity index (χ3v) is 3.99. The largest absolute Gasteiger partial charge is 0.482 e. The first-order valence-electron chi connectivity index (χ1n) is 8.16. The molecule has 2 aromatic rings. The lowest BCUT2D eigenvalue weighted by Gasteiger charge is -2.29. The summed E-state index contributed by atoms with van der Waals surface area (Å²) in [6.07, 6.45) is 0.0756. The number of ether oxygens (including phenoxy) is 1. The summed E-state index contributed by atoms with van der Waals surface area (Å²) < 4.78 is 18.2. The maximum Gasteiger partial charge on any atom is 0.265 e. The van der Waals surface area contributed by atoms with Crippen LogP contribution in [-0.2, 0) is 9.59 Å². The summed E-state index contributed by atoms with van der Waals surface area (Å²) >= 11 is 5.06. The Morgan fingerprint density at radius 3 is 2.67 bits per heavy atom. The van der Waals surface area contributed by atoms with Gasteiger partial charge in [-0.3, -0.25) is 20.4 Å². The Balaban J connectivity index is 1.46. The van der Waals surface area contributed by atoms with E-state index in [0.29, 0.717) is 17.1 Å². The van der Waals surface area contributed by atoms with Crippen LogP contribution in [-0.4, -0.2) is 30.1 Å². The van der Waals surface area contributed by atoms with Gasteiger partial charge in [-0.05, 0) is 48.6 Å². The summed E-state index contributed by atoms with van der Waals surface area (Å²) in [5.74, 6) is -0.287. The topological polar surface area (TPSA) is 82.7 Å². The molecule has 2 amide bonds. The lowest BCUT2D eigenvalue weighted by Crippen LogP contribution is -2.46. The van der Waals surface area contributed by atoms with Crippen LogP contribution in [0.2, 0.25) is 0 Å². The molecule has 0 bridgehead atoms. The van der Waals surface area contributed by atoms with E-state index in [1.54, 1.807) is 18.2 Å². The van der Waals surface area contributed by atoms with Crippen LogP contribution in [0.4, 0.5) is 15.8 Å². The van der Waals surface area contributed by atoms with Crippen molar-refractivity contribution in [3.05, 3.63) is 54.3 Å². The summed E-state index contributed by atoms with van der Waals surface area (Å²) in [6, 6.07) is 12.8. The molecule has 7 nitrogen and oxygen atoms in total. The number of hydrazine groups is 1. The number of rotatable bonds is 4. The molecule has 0 spiro atoms. The molecule has 0 saturated heterocycles. The zero-order valence-electron chi connectivity index (χ0n) is 14.2. The Kier molecular flexibility index (Phi) is 5.82. The molecule has 1 aliphatic rings. The van der Waals surface area contributed by atoms with E-state index in [9.17, 15) is 14.0 Å². The minimum Gasteiger partial charge on any atom is -0.482 e. The van der Waals surface area contributed by atoms with Gasteiger partial charge in [0.1, 0.15) is 11.6 Å². The number of halogens is 1. The molecule has 0 unspecified atom stereocenters. The Morgan fingerprint density at radius 2 is 1.89 bits per heavy atom. The molecule has 2 aromatic carbocycles. The number of fused-ring (bicyclic) bond motifs is 1. The van der Waals surface area contributed by atoms with Gasteiger partial charge < -0.3 is 15.0 Å². The van der Waals surface area contributed by atoms with E-state index in [1.807, 2.05) is 6.07 Å². The summed E-state index contributed by atoms with van der Waals surface area (Å²) in [6.45, 7) is 0.160. The van der Waals surface area contributed by atoms with Crippen molar-refractivity contribution in [2.45, 2.75) is 6.42 Å². The van der Waals surface area contributed by atoms with Gasteiger partial charge in [-0.2, -0.15) is 0 Å². The fourth-order valence-corrected chi connectivity index (χ4v) is 2.67. The second-order valence-electron chi connectivity index (χ2n) is 5.69. The molecule has 0 aliphatic carbocycles. The molecule has 0 fully saturated rings. The average Bonchev–Trinajstić information content (AvgIpc) is 2.67. The predicted octanol–water partition coefficient (Wildman–Crippen LogP) is 1.96. The Bertz CT molecular complexity index is 860. The fraction of sp³-hybridized carbons (Fsp3) is 0.167. The molecule has 140 valence electrons. The number of hydrogen-bond acceptors (Lipinski definition) is 4. The molecule has 0 radical (unpaired) electrons. The first-order chi connectivity index (χ1) is 13.0. The highest BCUT2D eigenvalue weighted by atomic mass is 32.1. The van der Waals surface area contributed by atoms with Crippen LogP contribution in [0.25, 0.3) is 0 Å². The molecule has 0 atom stereocenters. The maximum absolute atomic E-state index is 12.9. The maximum atomic E-state index is 12.9. The van der Waals surface area contributed by atoms with Crippen molar-refractivity contribution >= 4 is 40.5 Å². The molecule has 1 aliphatic heterocycles. The lowest BCUT2D eigenvalue weighted by molar-refractivity contribution is -0.122. The number of nitrogens with one attached hydrogen (secondary N) is 3. The van der Waals surface area contributed by atoms with Gasteiger partial charge in [0, 0.05) is 18.7 Å². The van der Waals surface area contributed by atoms with Gasteiger partial charge in [-0.25, -0.2) is 4.39 Å². The molecule has 3 N–H and O–H groups in total. The van der Waals surface area contributed by atoms with E-state index in [0.717, 1.165) is 0 Å². The van der Waals surface area contributed by atoms with Gasteiger partial charge in [0.2, 0.25) is 5.91 Å². The Morgan fingerprint density at radius 1 is 1.15 bits per heavy atom. The van der Waals surface area contributed by atoms with E-state index in [1.165, 1.54) is 29.2 Å². The monoisotopic (exact) mass is 388 g/mol. The minimum absolute atomic E-state index is 0.0530. The number of hydrogen-bond donors (Lipinski definition) is 3. The number of thiocarbonyl (C=S) groups is 1. The number of amides is 2. The Hall–Kier alpha value is -3.20. The lowest BCUT2D eigenvalue weighted by atomic mass is 10.2. The number of benzene rings is 2. The summed E-state index contributed by atoms with van der Waals surface area (Å²) in [4.78, 5) is 25.6. The number of para-hydroxylation sites is 2. The fourth-order valence-electron chi connectivity index (χ4n) is 2.50. The van der Waals surface area contributed by atoms with Crippen LogP contribution in [0.1, 0.15) is 6.42 Å². The zero-order valence-corrected chi connectivity index (χ0v) is 15.0. The molecule has 3 rings (SSSR count). The van der Waals surface area contributed by atoms with E-state index in [-0.39, 0.29) is 42.3 Å². The Labute approximate surface area is 160 Å². The molecule has 27 heavy (non-hydrogen) atoms. The SMILES string of the molecule is O=C(CCN1C(=O)COc2ccccc21)NNC(=S)Nc1ccc(F)cc1. The number of carbonyl (C=O) groups excluding carboxylic acids is 2. The molecule has 0 aromatic heterocycles. The summed E-state index contributed by atoms with van der Waals surface area (Å²) in [5.41, 5.74) is 6.24. The van der Waals surface area contributed by atoms with Crippen LogP contribution in [0.15, 0.2) is 48.5 Å². The number of anilines is 2. The number of carbonyl (C=O) groups is 2. The molecular weight excluding hydrogens is 371 g/mol. The third kappa shape index (κ3) is 4.91. The second-order valence-corrected chi connectivity index (χ2v) is 6.09. The average molecular weight is 388 g/mol. The van der Waals surface area contributed by atoms with Crippen LogP contribution >= 0.6 is 12.2 Å². The van der Waals surface area contributed by atoms with Crippen LogP contribution in [0, 0.1) is 5.82 Å². The first kappa shape index (κ1) is 18.6. The van der Waals surface area contributed by atoms with E-state index in [4.69, 9.17) is 17.0 Å². The predicted molar refractivity (Wildman–Crippen MR) is 103 cm³/mol. The first-order valence-corrected chi connectivity index (χ1v) is 8.57. The van der Waals surface area contributed by atoms with Crippen LogP contribution < -0.4 is 25.8 Å². The van der Waals surface area contributed by atoms with Crippen molar-refractivity contribution in [3.8, 4) is 5.75 Å². The highest BCUT2D eigenvalue weighted by Gasteiger charge is 2.25. The molecular formula is C18H17FN4O3S. The molecule has 9 heteroatoms. The summed E-state index contributed by atoms with van der Waals surface area (Å²) in [5, 5.41) is 2.96. The van der Waals surface area contributed by atoms with Crippen molar-refractivity contribution in [2.75, 3.05) is 23.4 Å². The highest BCUT2D eigenvalue weighted by Crippen LogP contribution is 2.31. The third-order valence-electron chi connectivity index (χ3n) is 3.79. The van der Waals surface area contributed by atoms with Crippen molar-refractivity contribution < 1.29 is 18.7 Å². The van der Waals surface area contributed by atoms with Crippen LogP contribution in [0.5, 0.6) is 5.75 Å². The van der Waals surface area contributed by atoms with Crippen molar-refractivity contribution in [3.63, 3.8) is 0 Å². The smallest absolute Gasteiger partial charge is 0.265 e. The number of nitrogens with zero attached hydrogens (tertiary/aromatic N) is 1. The van der Waals surface area contributed by atoms with Crippen molar-refractivity contribution in [2.24, 2.45) is 0 Å². The zero-order chi connectivity index (χ0) is 19.2. The van der Waals surface area contributed by atoms with Crippen LogP contribution in [0.3, 0.4) is 0 Å². The van der Waals surface area contributed by atoms with Gasteiger partial charge in [0.15, 0.2) is 11.7 Å². The molecule has 0 saturated carbocycles. The normalized spacial score (nSPS) is 12.6. The van der Waals surface area contributed by atoms with Gasteiger partial charge in [-0.15, -0.1) is 0 Å². The standard InChI is InChI=1S/C18H17FN4O3S/c19-12-5-7-13(8-6-12)20-18(27)22-21-16(24)9-10-23-14-3-1-2-4-15(14)26-11-17(23)25/h1-8H,9-11H2,(H,21,24)(H2,20,22,27). The quantitative estimate of drug-likeness (QED) is 0.549. The van der Waals surface area contributed by atoms with Crippen molar-refractivity contribution in [1.29, 1.82) is 0 Å². The summed E-state index contributed by atoms with van der Waals surface area (Å²) in [7, 11) is 0. The van der Waals surface area contributed by atoms with E-state index in [2.05, 4.69) is 16.2 Å². The molecule has 1 heterocycles. The van der Waals surface area contributed by atoms with Gasteiger partial charge >= 0.3 is 0 Å². The van der Waals surface area contributed by atoms with E-state index < -0.39 is 0 Å². The minimum atomic E-state index is -0.355. The second kappa shape index (κ2) is 8.45. The van der Waals surface area contributed by atoms with Gasteiger partial charge in [0.25, 0.3) is 5.91 Å². The van der Waals surface area contributed by atoms with Crippen molar-refractivity contribution in [1.82, 2.24) is 10.9 Å². The van der Waals surface area contributed by atoms with Gasteiger partial charge in [0.05, 0.1) is 5.69 Å².